The van der Waals surface area contributed by atoms with Crippen molar-refractivity contribution in [1.29, 1.82) is 0 Å². The number of hydrogen-bond acceptors (Lipinski definition) is 6. The van der Waals surface area contributed by atoms with Gasteiger partial charge in [-0.2, -0.15) is 0 Å². The molecule has 0 saturated carbocycles. The molecule has 4 rings (SSSR count). The van der Waals surface area contributed by atoms with Crippen LogP contribution in [0.25, 0.3) is 0 Å². The van der Waals surface area contributed by atoms with E-state index in [2.05, 4.69) is 16.0 Å². The van der Waals surface area contributed by atoms with E-state index in [-0.39, 0.29) is 19.8 Å². The van der Waals surface area contributed by atoms with Crippen molar-refractivity contribution in [3.05, 3.63) is 65.2 Å². The molecule has 1 unspecified atom stereocenters. The van der Waals surface area contributed by atoms with Crippen LogP contribution < -0.4 is 16.0 Å². The lowest BCUT2D eigenvalue weighted by atomic mass is 9.82. The number of amides is 2. The van der Waals surface area contributed by atoms with Gasteiger partial charge in [0.25, 0.3) is 17.7 Å². The van der Waals surface area contributed by atoms with Crippen LogP contribution in [-0.2, 0) is 22.4 Å². The number of nitrogens with zero attached hydrogens (tertiary/aromatic N) is 1. The lowest BCUT2D eigenvalue weighted by Crippen LogP contribution is -2.55. The highest BCUT2D eigenvalue weighted by atomic mass is 19.3. The summed E-state index contributed by atoms with van der Waals surface area (Å²) in [5.74, 6) is -4.09. The average molecular weight is 573 g/mol. The van der Waals surface area contributed by atoms with E-state index in [4.69, 9.17) is 4.74 Å². The van der Waals surface area contributed by atoms with Crippen LogP contribution in [0, 0.1) is 11.3 Å². The number of ether oxygens (including phenoxy) is 1. The van der Waals surface area contributed by atoms with Gasteiger partial charge in [0.2, 0.25) is 0 Å². The zero-order valence-electron chi connectivity index (χ0n) is 24.3. The molecular formula is C31H42F2N4O4. The van der Waals surface area contributed by atoms with Crippen molar-refractivity contribution in [2.75, 3.05) is 38.3 Å². The number of fused-ring (bicyclic) bond motifs is 1. The predicted octanol–water partition coefficient (Wildman–Crippen LogP) is 3.45. The number of nitrogens with one attached hydrogen (secondary N) is 3. The molecule has 0 bridgehead atoms. The Morgan fingerprint density at radius 3 is 2.59 bits per heavy atom. The number of alkyl halides is 2. The minimum absolute atomic E-state index is 0.120. The molecule has 224 valence electrons. The second kappa shape index (κ2) is 12.8. The van der Waals surface area contributed by atoms with E-state index in [0.717, 1.165) is 21.7 Å². The van der Waals surface area contributed by atoms with Crippen LogP contribution in [0.2, 0.25) is 0 Å². The minimum atomic E-state index is -3.20. The maximum atomic E-state index is 15.2. The minimum Gasteiger partial charge on any atom is -0.384 e. The lowest BCUT2D eigenvalue weighted by Gasteiger charge is -2.35. The van der Waals surface area contributed by atoms with E-state index in [9.17, 15) is 14.7 Å². The molecule has 1 fully saturated rings. The highest BCUT2D eigenvalue weighted by molar-refractivity contribution is 5.98. The maximum Gasteiger partial charge on any atom is 0.272 e. The third kappa shape index (κ3) is 6.88. The van der Waals surface area contributed by atoms with Crippen LogP contribution >= 0.6 is 0 Å². The molecule has 0 spiro atoms. The number of aliphatic hydroxyl groups excluding tert-OH is 1. The predicted molar refractivity (Wildman–Crippen MR) is 154 cm³/mol. The Hall–Kier alpha value is -3.08. The standard InChI is InChI=1S/C31H42F2N4O4/c1-20(2)16-34-19-41-17-26-30(3,4)31(32,33)18-37(26)29(40)27(38)25(15-21-9-6-5-7-10-21)36-28(39)23-11-8-12-24-22(23)13-14-35-24/h5-12,20,25-27,34-35,38H,13-19H2,1-4H3,(H,36,39)/t25?,26-,27+/m1/s1. The summed E-state index contributed by atoms with van der Waals surface area (Å²) in [7, 11) is 0. The Bertz CT molecular complexity index is 1210. The Labute approximate surface area is 240 Å². The molecule has 8 nitrogen and oxygen atoms in total. The molecule has 2 aliphatic heterocycles. The summed E-state index contributed by atoms with van der Waals surface area (Å²) >= 11 is 0. The molecule has 4 N–H and O–H groups in total. The van der Waals surface area contributed by atoms with Crippen molar-refractivity contribution < 1.29 is 28.2 Å². The molecule has 3 atom stereocenters. The van der Waals surface area contributed by atoms with Crippen molar-refractivity contribution in [3.8, 4) is 0 Å². The van der Waals surface area contributed by atoms with Crippen molar-refractivity contribution in [3.63, 3.8) is 0 Å². The number of benzene rings is 2. The fourth-order valence-corrected chi connectivity index (χ4v) is 5.54. The molecule has 0 aromatic heterocycles. The van der Waals surface area contributed by atoms with Crippen LogP contribution in [0.4, 0.5) is 14.5 Å². The van der Waals surface area contributed by atoms with Gasteiger partial charge in [0.05, 0.1) is 37.4 Å². The van der Waals surface area contributed by atoms with Gasteiger partial charge >= 0.3 is 0 Å². The third-order valence-corrected chi connectivity index (χ3v) is 8.20. The van der Waals surface area contributed by atoms with E-state index < -0.39 is 47.9 Å². The summed E-state index contributed by atoms with van der Waals surface area (Å²) < 4.78 is 36.1. The van der Waals surface area contributed by atoms with E-state index >= 15 is 8.78 Å². The summed E-state index contributed by atoms with van der Waals surface area (Å²) in [5, 5.41) is 20.6. The van der Waals surface area contributed by atoms with E-state index in [1.807, 2.05) is 50.2 Å². The monoisotopic (exact) mass is 572 g/mol. The molecule has 2 heterocycles. The SMILES string of the molecule is CC(C)CNCOC[C@H]1N(C(=O)[C@@H](O)C(Cc2ccccc2)NC(=O)c2cccc3c2CCN3)CC(F)(F)C1(C)C. The summed E-state index contributed by atoms with van der Waals surface area (Å²) in [6.07, 6.45) is -0.934. The number of likely N-dealkylation sites (tertiary alicyclic amines) is 1. The highest BCUT2D eigenvalue weighted by Gasteiger charge is 2.62. The van der Waals surface area contributed by atoms with Gasteiger partial charge in [-0.25, -0.2) is 8.78 Å². The Balaban J connectivity index is 1.55. The fourth-order valence-electron chi connectivity index (χ4n) is 5.54. The van der Waals surface area contributed by atoms with Gasteiger partial charge in [-0.3, -0.25) is 14.9 Å². The first-order chi connectivity index (χ1) is 19.4. The highest BCUT2D eigenvalue weighted by Crippen LogP contribution is 2.48. The van der Waals surface area contributed by atoms with Crippen molar-refractivity contribution in [2.45, 2.75) is 64.6 Å². The van der Waals surface area contributed by atoms with Crippen molar-refractivity contribution >= 4 is 17.5 Å². The smallest absolute Gasteiger partial charge is 0.272 e. The third-order valence-electron chi connectivity index (χ3n) is 8.20. The molecular weight excluding hydrogens is 530 g/mol. The van der Waals surface area contributed by atoms with Crippen LogP contribution in [0.15, 0.2) is 48.5 Å². The first kappa shape index (κ1) is 30.9. The van der Waals surface area contributed by atoms with Gasteiger partial charge in [0.15, 0.2) is 6.10 Å². The molecule has 0 radical (unpaired) electrons. The van der Waals surface area contributed by atoms with E-state index in [0.29, 0.717) is 31.0 Å². The number of anilines is 1. The summed E-state index contributed by atoms with van der Waals surface area (Å²) in [6, 6.07) is 12.5. The largest absolute Gasteiger partial charge is 0.384 e. The van der Waals surface area contributed by atoms with Crippen molar-refractivity contribution in [2.24, 2.45) is 11.3 Å². The molecule has 2 aromatic carbocycles. The lowest BCUT2D eigenvalue weighted by molar-refractivity contribution is -0.145. The number of carbonyl (C=O) groups is 2. The van der Waals surface area contributed by atoms with Crippen molar-refractivity contribution in [1.82, 2.24) is 15.5 Å². The number of hydrogen-bond donors (Lipinski definition) is 4. The number of halogens is 2. The van der Waals surface area contributed by atoms with Gasteiger partial charge in [0.1, 0.15) is 0 Å². The molecule has 2 aromatic rings. The Kier molecular flexibility index (Phi) is 9.66. The molecule has 41 heavy (non-hydrogen) atoms. The summed E-state index contributed by atoms with van der Waals surface area (Å²) in [6.45, 7) is 7.52. The Morgan fingerprint density at radius 2 is 1.88 bits per heavy atom. The molecule has 2 aliphatic rings. The van der Waals surface area contributed by atoms with Gasteiger partial charge in [0, 0.05) is 17.8 Å². The number of rotatable bonds is 12. The number of aliphatic hydroxyl groups is 1. The fraction of sp³-hybridized carbons (Fsp3) is 0.548. The second-order valence-corrected chi connectivity index (χ2v) is 12.0. The number of carbonyl (C=O) groups excluding carboxylic acids is 2. The van der Waals surface area contributed by atoms with Gasteiger partial charge in [-0.05, 0) is 48.6 Å². The first-order valence-electron chi connectivity index (χ1n) is 14.3. The molecule has 0 aliphatic carbocycles. The maximum absolute atomic E-state index is 15.2. The molecule has 10 heteroatoms. The topological polar surface area (TPSA) is 103 Å². The Morgan fingerprint density at radius 1 is 1.15 bits per heavy atom. The second-order valence-electron chi connectivity index (χ2n) is 12.0. The summed E-state index contributed by atoms with van der Waals surface area (Å²) in [4.78, 5) is 28.2. The summed E-state index contributed by atoms with van der Waals surface area (Å²) in [5.41, 5.74) is 1.40. The first-order valence-corrected chi connectivity index (χ1v) is 14.3. The zero-order valence-corrected chi connectivity index (χ0v) is 24.3. The van der Waals surface area contributed by atoms with Gasteiger partial charge in [-0.15, -0.1) is 0 Å². The van der Waals surface area contributed by atoms with Gasteiger partial charge < -0.3 is 25.4 Å². The van der Waals surface area contributed by atoms with Crippen LogP contribution in [-0.4, -0.2) is 78.9 Å². The van der Waals surface area contributed by atoms with Crippen LogP contribution in [0.3, 0.4) is 0 Å². The molecule has 2 amide bonds. The quantitative estimate of drug-likeness (QED) is 0.230. The normalized spacial score (nSPS) is 20.4. The van der Waals surface area contributed by atoms with E-state index in [1.165, 1.54) is 13.8 Å². The molecule has 1 saturated heterocycles. The zero-order chi connectivity index (χ0) is 29.8. The van der Waals surface area contributed by atoms with Crippen LogP contribution in [0.1, 0.15) is 49.2 Å². The average Bonchev–Trinajstić information content (AvgIpc) is 3.48. The van der Waals surface area contributed by atoms with Crippen LogP contribution in [0.5, 0.6) is 0 Å². The van der Waals surface area contributed by atoms with E-state index in [1.54, 1.807) is 12.1 Å². The van der Waals surface area contributed by atoms with Gasteiger partial charge in [-0.1, -0.05) is 64.1 Å².